The number of nitrogens with one attached hydrogen (secondary N) is 2. The molecule has 25 heavy (non-hydrogen) atoms. The molecule has 0 bridgehead atoms. The van der Waals surface area contributed by atoms with Crippen molar-refractivity contribution < 1.29 is 9.90 Å². The number of nitrogens with zero attached hydrogens (tertiary/aromatic N) is 3. The SMILES string of the molecule is CCc1cccc2c(CC(=O)N3CCC(O)(c4cn[nH]n4)C3)c[nH]c12. The standard InChI is InChI=1S/C18H21N5O2/c1-2-12-4-3-5-14-13(9-19-17(12)14)8-16(24)23-7-6-18(25,11-23)15-10-20-22-21-15/h3-5,9-10,19,25H,2,6-8,11H2,1H3,(H,20,21,22). The van der Waals surface area contributed by atoms with Gasteiger partial charge in [-0.25, -0.2) is 0 Å². The third kappa shape index (κ3) is 2.70. The molecular formula is C18H21N5O2. The largest absolute Gasteiger partial charge is 0.381 e. The van der Waals surface area contributed by atoms with Crippen LogP contribution < -0.4 is 0 Å². The summed E-state index contributed by atoms with van der Waals surface area (Å²) in [5.74, 6) is 0.0159. The van der Waals surface area contributed by atoms with Gasteiger partial charge in [-0.2, -0.15) is 15.4 Å². The van der Waals surface area contributed by atoms with Crippen molar-refractivity contribution in [3.63, 3.8) is 0 Å². The van der Waals surface area contributed by atoms with Crippen molar-refractivity contribution in [3.05, 3.63) is 47.4 Å². The zero-order chi connectivity index (χ0) is 17.4. The van der Waals surface area contributed by atoms with Crippen molar-refractivity contribution in [3.8, 4) is 0 Å². The molecule has 1 amide bonds. The van der Waals surface area contributed by atoms with E-state index >= 15 is 0 Å². The maximum Gasteiger partial charge on any atom is 0.227 e. The van der Waals surface area contributed by atoms with Gasteiger partial charge in [-0.05, 0) is 17.5 Å². The molecule has 1 aromatic carbocycles. The van der Waals surface area contributed by atoms with Crippen molar-refractivity contribution >= 4 is 16.8 Å². The van der Waals surface area contributed by atoms with E-state index in [0.29, 0.717) is 25.1 Å². The van der Waals surface area contributed by atoms with Crippen molar-refractivity contribution in [2.24, 2.45) is 0 Å². The van der Waals surface area contributed by atoms with Gasteiger partial charge in [0.1, 0.15) is 11.3 Å². The van der Waals surface area contributed by atoms with Crippen LogP contribution in [-0.4, -0.2) is 49.4 Å². The Labute approximate surface area is 145 Å². The lowest BCUT2D eigenvalue weighted by molar-refractivity contribution is -0.130. The molecule has 1 unspecified atom stereocenters. The van der Waals surface area contributed by atoms with Gasteiger partial charge in [-0.15, -0.1) is 0 Å². The summed E-state index contributed by atoms with van der Waals surface area (Å²) in [6, 6.07) is 6.18. The highest BCUT2D eigenvalue weighted by Gasteiger charge is 2.41. The Bertz CT molecular complexity index is 901. The maximum atomic E-state index is 12.7. The molecule has 130 valence electrons. The number of carbonyl (C=O) groups is 1. The first kappa shape index (κ1) is 15.8. The summed E-state index contributed by atoms with van der Waals surface area (Å²) in [5, 5.41) is 22.0. The minimum atomic E-state index is -1.11. The van der Waals surface area contributed by atoms with Crippen LogP contribution in [-0.2, 0) is 23.2 Å². The van der Waals surface area contributed by atoms with Crippen molar-refractivity contribution in [2.45, 2.75) is 31.8 Å². The number of H-pyrrole nitrogens is 2. The fraction of sp³-hybridized carbons (Fsp3) is 0.389. The summed E-state index contributed by atoms with van der Waals surface area (Å²) < 4.78 is 0. The summed E-state index contributed by atoms with van der Waals surface area (Å²) in [4.78, 5) is 17.7. The van der Waals surface area contributed by atoms with Crippen LogP contribution in [0.4, 0.5) is 0 Å². The number of hydrogen-bond acceptors (Lipinski definition) is 4. The van der Waals surface area contributed by atoms with Crippen LogP contribution in [0.3, 0.4) is 0 Å². The summed E-state index contributed by atoms with van der Waals surface area (Å²) in [7, 11) is 0. The molecule has 0 spiro atoms. The number of likely N-dealkylation sites (tertiary alicyclic amines) is 1. The zero-order valence-electron chi connectivity index (χ0n) is 14.1. The van der Waals surface area contributed by atoms with E-state index in [1.807, 2.05) is 18.3 Å². The Kier molecular flexibility index (Phi) is 3.80. The number of fused-ring (bicyclic) bond motifs is 1. The number of hydrogen-bond donors (Lipinski definition) is 3. The van der Waals surface area contributed by atoms with Crippen LogP contribution in [0.15, 0.2) is 30.6 Å². The second kappa shape index (κ2) is 6.00. The number of aromatic nitrogens is 4. The normalized spacial score (nSPS) is 20.5. The highest BCUT2D eigenvalue weighted by Crippen LogP contribution is 2.31. The van der Waals surface area contributed by atoms with E-state index in [4.69, 9.17) is 0 Å². The highest BCUT2D eigenvalue weighted by molar-refractivity contribution is 5.90. The second-order valence-electron chi connectivity index (χ2n) is 6.64. The molecule has 1 aliphatic heterocycles. The van der Waals surface area contributed by atoms with Gasteiger partial charge >= 0.3 is 0 Å². The molecule has 1 atom stereocenters. The number of carbonyl (C=O) groups excluding carboxylic acids is 1. The predicted octanol–water partition coefficient (Wildman–Crippen LogP) is 1.51. The summed E-state index contributed by atoms with van der Waals surface area (Å²) in [6.07, 6.45) is 5.17. The molecule has 0 radical (unpaired) electrons. The molecule has 1 saturated heterocycles. The first-order valence-corrected chi connectivity index (χ1v) is 8.55. The van der Waals surface area contributed by atoms with Gasteiger partial charge in [-0.3, -0.25) is 4.79 Å². The van der Waals surface area contributed by atoms with Gasteiger partial charge in [0.05, 0.1) is 19.2 Å². The second-order valence-corrected chi connectivity index (χ2v) is 6.64. The number of benzene rings is 1. The first-order valence-electron chi connectivity index (χ1n) is 8.55. The number of rotatable bonds is 4. The van der Waals surface area contributed by atoms with Crippen LogP contribution in [0.5, 0.6) is 0 Å². The van der Waals surface area contributed by atoms with Crippen LogP contribution in [0.2, 0.25) is 0 Å². The van der Waals surface area contributed by atoms with Gasteiger partial charge in [0.25, 0.3) is 0 Å². The lowest BCUT2D eigenvalue weighted by Crippen LogP contribution is -2.35. The monoisotopic (exact) mass is 339 g/mol. The lowest BCUT2D eigenvalue weighted by atomic mass is 10.00. The molecule has 1 fully saturated rings. The van der Waals surface area contributed by atoms with E-state index in [1.54, 1.807) is 4.90 Å². The van der Waals surface area contributed by atoms with E-state index in [2.05, 4.69) is 33.4 Å². The molecule has 2 aromatic heterocycles. The average molecular weight is 339 g/mol. The maximum absolute atomic E-state index is 12.7. The highest BCUT2D eigenvalue weighted by atomic mass is 16.3. The van der Waals surface area contributed by atoms with Crippen LogP contribution in [0.1, 0.15) is 30.2 Å². The summed E-state index contributed by atoms with van der Waals surface area (Å²) >= 11 is 0. The predicted molar refractivity (Wildman–Crippen MR) is 92.9 cm³/mol. The van der Waals surface area contributed by atoms with E-state index in [-0.39, 0.29) is 12.5 Å². The van der Waals surface area contributed by atoms with E-state index < -0.39 is 5.60 Å². The summed E-state index contributed by atoms with van der Waals surface area (Å²) in [6.45, 7) is 2.89. The molecule has 7 heteroatoms. The lowest BCUT2D eigenvalue weighted by Gasteiger charge is -2.21. The zero-order valence-corrected chi connectivity index (χ0v) is 14.1. The Morgan fingerprint density at radius 2 is 2.28 bits per heavy atom. The van der Waals surface area contributed by atoms with Crippen LogP contribution in [0, 0.1) is 0 Å². The quantitative estimate of drug-likeness (QED) is 0.671. The van der Waals surface area contributed by atoms with Gasteiger partial charge in [0.15, 0.2) is 0 Å². The topological polar surface area (TPSA) is 97.9 Å². The Balaban J connectivity index is 1.52. The Morgan fingerprint density at radius 3 is 3.04 bits per heavy atom. The Morgan fingerprint density at radius 1 is 1.40 bits per heavy atom. The third-order valence-corrected chi connectivity index (χ3v) is 5.10. The van der Waals surface area contributed by atoms with Gasteiger partial charge in [0.2, 0.25) is 5.91 Å². The third-order valence-electron chi connectivity index (χ3n) is 5.10. The molecule has 1 aliphatic rings. The smallest absolute Gasteiger partial charge is 0.227 e. The van der Waals surface area contributed by atoms with E-state index in [1.165, 1.54) is 11.8 Å². The van der Waals surface area contributed by atoms with Crippen LogP contribution in [0.25, 0.3) is 10.9 Å². The van der Waals surface area contributed by atoms with Crippen LogP contribution >= 0.6 is 0 Å². The number of β-amino-alcohol motifs (C(OH)–C–C–N with tert-alkyl or cyclic N) is 1. The minimum absolute atomic E-state index is 0.0159. The van der Waals surface area contributed by atoms with E-state index in [0.717, 1.165) is 22.9 Å². The molecule has 3 N–H and O–H groups in total. The first-order chi connectivity index (χ1) is 12.1. The van der Waals surface area contributed by atoms with Crippen molar-refractivity contribution in [1.82, 2.24) is 25.3 Å². The molecular weight excluding hydrogens is 318 g/mol. The fourth-order valence-electron chi connectivity index (χ4n) is 3.63. The number of aryl methyl sites for hydroxylation is 1. The van der Waals surface area contributed by atoms with Crippen molar-refractivity contribution in [2.75, 3.05) is 13.1 Å². The summed E-state index contributed by atoms with van der Waals surface area (Å²) in [5.41, 5.74) is 2.72. The van der Waals surface area contributed by atoms with Crippen molar-refractivity contribution in [1.29, 1.82) is 0 Å². The number of para-hydroxylation sites is 1. The molecule has 3 heterocycles. The van der Waals surface area contributed by atoms with E-state index in [9.17, 15) is 9.90 Å². The number of amides is 1. The van der Waals surface area contributed by atoms with Gasteiger partial charge in [0, 0.05) is 30.1 Å². The molecule has 0 saturated carbocycles. The van der Waals surface area contributed by atoms with Gasteiger partial charge in [-0.1, -0.05) is 25.1 Å². The number of aromatic amines is 2. The average Bonchev–Trinajstić information content (AvgIpc) is 3.35. The fourth-order valence-corrected chi connectivity index (χ4v) is 3.63. The molecule has 0 aliphatic carbocycles. The minimum Gasteiger partial charge on any atom is -0.381 e. The molecule has 7 nitrogen and oxygen atoms in total. The molecule has 4 rings (SSSR count). The van der Waals surface area contributed by atoms with Gasteiger partial charge < -0.3 is 15.0 Å². The Hall–Kier alpha value is -2.67. The molecule has 3 aromatic rings. The number of aliphatic hydroxyl groups is 1.